The lowest BCUT2D eigenvalue weighted by Crippen LogP contribution is -2.37. The minimum atomic E-state index is -4.74. The summed E-state index contributed by atoms with van der Waals surface area (Å²) in [6.07, 6.45) is -4.79. The molecule has 0 radical (unpaired) electrons. The van der Waals surface area contributed by atoms with Gasteiger partial charge in [-0.25, -0.2) is 4.39 Å². The number of hydrogen-bond donors (Lipinski definition) is 0. The Kier molecular flexibility index (Phi) is 7.36. The Morgan fingerprint density at radius 3 is 2.22 bits per heavy atom. The van der Waals surface area contributed by atoms with Crippen LogP contribution >= 0.6 is 15.9 Å². The van der Waals surface area contributed by atoms with E-state index in [0.717, 1.165) is 4.47 Å². The van der Waals surface area contributed by atoms with Crippen molar-refractivity contribution in [1.82, 2.24) is 0 Å². The molecule has 0 aliphatic carbocycles. The van der Waals surface area contributed by atoms with Crippen molar-refractivity contribution in [2.75, 3.05) is 0 Å². The van der Waals surface area contributed by atoms with E-state index in [1.54, 1.807) is 42.5 Å². The van der Waals surface area contributed by atoms with Crippen LogP contribution in [-0.2, 0) is 0 Å². The highest BCUT2D eigenvalue weighted by Crippen LogP contribution is 2.37. The van der Waals surface area contributed by atoms with Crippen molar-refractivity contribution < 1.29 is 22.4 Å². The van der Waals surface area contributed by atoms with Crippen molar-refractivity contribution in [2.45, 2.75) is 25.7 Å². The van der Waals surface area contributed by atoms with Crippen LogP contribution in [0.2, 0.25) is 0 Å². The van der Waals surface area contributed by atoms with Crippen LogP contribution in [0.25, 0.3) is 6.08 Å². The molecule has 0 aromatic heterocycles. The molecular weight excluding hydrogens is 424 g/mol. The molecule has 0 fully saturated rings. The first kappa shape index (κ1) is 21.4. The van der Waals surface area contributed by atoms with E-state index in [1.165, 1.54) is 31.2 Å². The molecule has 0 saturated carbocycles. The van der Waals surface area contributed by atoms with E-state index in [9.17, 15) is 22.4 Å². The quantitative estimate of drug-likeness (QED) is 0.337. The minimum absolute atomic E-state index is 0.207. The third-order valence-electron chi connectivity index (χ3n) is 4.32. The van der Waals surface area contributed by atoms with Crippen LogP contribution in [-0.4, -0.2) is 18.1 Å². The summed E-state index contributed by atoms with van der Waals surface area (Å²) in [7, 11) is 0. The number of benzene rings is 2. The molecule has 144 valence electrons. The Morgan fingerprint density at radius 1 is 1.07 bits per heavy atom. The Labute approximate surface area is 164 Å². The van der Waals surface area contributed by atoms with Crippen molar-refractivity contribution in [2.24, 2.45) is 11.8 Å². The molecule has 2 rings (SSSR count). The number of hydrogen-bond acceptors (Lipinski definition) is 1. The van der Waals surface area contributed by atoms with Gasteiger partial charge in [-0.3, -0.25) is 4.79 Å². The lowest BCUT2D eigenvalue weighted by molar-refractivity contribution is -0.192. The van der Waals surface area contributed by atoms with Gasteiger partial charge in [-0.15, -0.1) is 0 Å². The maximum absolute atomic E-state index is 14.7. The summed E-state index contributed by atoms with van der Waals surface area (Å²) in [5.74, 6) is -4.26. The third kappa shape index (κ3) is 6.03. The second kappa shape index (κ2) is 9.31. The third-order valence-corrected chi connectivity index (χ3v) is 4.85. The molecule has 0 aliphatic rings. The number of allylic oxidation sites excluding steroid dienone is 1. The Bertz CT molecular complexity index is 769. The number of alkyl halides is 4. The highest BCUT2D eigenvalue weighted by atomic mass is 79.9. The standard InChI is InChI=1S/C21H19BrF4O/c1-14(20(27)16-7-3-2-4-8-16)19(23)18(21(24,25)26)9-5-6-15-10-12-17(22)13-11-15/h2-8,10-14,18-19H,9H2,1H3/b6-5+. The molecule has 2 aromatic carbocycles. The molecule has 2 aromatic rings. The molecule has 0 amide bonds. The van der Waals surface area contributed by atoms with Gasteiger partial charge in [-0.1, -0.05) is 77.5 Å². The molecule has 0 N–H and O–H groups in total. The van der Waals surface area contributed by atoms with E-state index >= 15 is 0 Å². The zero-order chi connectivity index (χ0) is 20.0. The van der Waals surface area contributed by atoms with Gasteiger partial charge in [0.2, 0.25) is 0 Å². The molecule has 6 heteroatoms. The fourth-order valence-electron chi connectivity index (χ4n) is 2.73. The first-order valence-electron chi connectivity index (χ1n) is 8.42. The van der Waals surface area contributed by atoms with Gasteiger partial charge in [0, 0.05) is 10.0 Å². The molecular formula is C21H19BrF4O. The van der Waals surface area contributed by atoms with Gasteiger partial charge in [-0.05, 0) is 24.1 Å². The fourth-order valence-corrected chi connectivity index (χ4v) is 2.99. The molecule has 27 heavy (non-hydrogen) atoms. The molecule has 0 aliphatic heterocycles. The fraction of sp³-hybridized carbons (Fsp3) is 0.286. The SMILES string of the molecule is CC(C(=O)c1ccccc1)C(F)C(C/C=C/c1ccc(Br)cc1)C(F)(F)F. The smallest absolute Gasteiger partial charge is 0.294 e. The summed E-state index contributed by atoms with van der Waals surface area (Å²) >= 11 is 3.28. The zero-order valence-corrected chi connectivity index (χ0v) is 16.2. The molecule has 0 bridgehead atoms. The summed E-state index contributed by atoms with van der Waals surface area (Å²) in [5, 5.41) is 0. The van der Waals surface area contributed by atoms with E-state index in [4.69, 9.17) is 0 Å². The van der Waals surface area contributed by atoms with Gasteiger partial charge in [-0.2, -0.15) is 13.2 Å². The zero-order valence-electron chi connectivity index (χ0n) is 14.6. The largest absolute Gasteiger partial charge is 0.394 e. The van der Waals surface area contributed by atoms with Gasteiger partial charge in [0.05, 0.1) is 11.8 Å². The van der Waals surface area contributed by atoms with E-state index < -0.39 is 36.4 Å². The van der Waals surface area contributed by atoms with Crippen LogP contribution < -0.4 is 0 Å². The van der Waals surface area contributed by atoms with E-state index in [2.05, 4.69) is 15.9 Å². The maximum atomic E-state index is 14.7. The highest BCUT2D eigenvalue weighted by molar-refractivity contribution is 9.10. The normalized spacial score (nSPS) is 15.5. The van der Waals surface area contributed by atoms with Crippen LogP contribution in [0.15, 0.2) is 65.1 Å². The minimum Gasteiger partial charge on any atom is -0.294 e. The Morgan fingerprint density at radius 2 is 1.67 bits per heavy atom. The average molecular weight is 443 g/mol. The summed E-state index contributed by atoms with van der Waals surface area (Å²) in [6, 6.07) is 14.8. The van der Waals surface area contributed by atoms with Crippen LogP contribution in [0.5, 0.6) is 0 Å². The van der Waals surface area contributed by atoms with Gasteiger partial charge in [0.25, 0.3) is 0 Å². The topological polar surface area (TPSA) is 17.1 Å². The Hall–Kier alpha value is -1.95. The van der Waals surface area contributed by atoms with Gasteiger partial charge in [0.15, 0.2) is 5.78 Å². The molecule has 0 spiro atoms. The number of Topliss-reactive ketones (excluding diaryl/α,β-unsaturated/α-hetero) is 1. The summed E-state index contributed by atoms with van der Waals surface area (Å²) in [4.78, 5) is 12.3. The molecule has 0 heterocycles. The van der Waals surface area contributed by atoms with E-state index in [-0.39, 0.29) is 5.56 Å². The van der Waals surface area contributed by atoms with Crippen LogP contribution in [0.4, 0.5) is 17.6 Å². The van der Waals surface area contributed by atoms with Crippen molar-refractivity contribution in [3.63, 3.8) is 0 Å². The van der Waals surface area contributed by atoms with Gasteiger partial charge >= 0.3 is 6.18 Å². The maximum Gasteiger partial charge on any atom is 0.394 e. The van der Waals surface area contributed by atoms with E-state index in [1.807, 2.05) is 0 Å². The number of ketones is 1. The van der Waals surface area contributed by atoms with Crippen molar-refractivity contribution in [1.29, 1.82) is 0 Å². The second-order valence-corrected chi connectivity index (χ2v) is 7.22. The number of rotatable bonds is 7. The number of carbonyl (C=O) groups excluding carboxylic acids is 1. The second-order valence-electron chi connectivity index (χ2n) is 6.30. The van der Waals surface area contributed by atoms with E-state index in [0.29, 0.717) is 5.56 Å². The van der Waals surface area contributed by atoms with Crippen molar-refractivity contribution in [3.05, 3.63) is 76.3 Å². The highest BCUT2D eigenvalue weighted by Gasteiger charge is 2.47. The van der Waals surface area contributed by atoms with Gasteiger partial charge in [0.1, 0.15) is 6.17 Å². The summed E-state index contributed by atoms with van der Waals surface area (Å²) < 4.78 is 55.7. The van der Waals surface area contributed by atoms with Crippen LogP contribution in [0.1, 0.15) is 29.3 Å². The predicted molar refractivity (Wildman–Crippen MR) is 102 cm³/mol. The summed E-state index contributed by atoms with van der Waals surface area (Å²) in [5.41, 5.74) is 0.918. The first-order valence-corrected chi connectivity index (χ1v) is 9.21. The van der Waals surface area contributed by atoms with Crippen molar-refractivity contribution >= 4 is 27.8 Å². The van der Waals surface area contributed by atoms with Crippen LogP contribution in [0, 0.1) is 11.8 Å². The van der Waals surface area contributed by atoms with Crippen LogP contribution in [0.3, 0.4) is 0 Å². The lowest BCUT2D eigenvalue weighted by Gasteiger charge is -2.26. The number of carbonyl (C=O) groups is 1. The average Bonchev–Trinajstić information content (AvgIpc) is 2.64. The molecule has 0 saturated heterocycles. The Balaban J connectivity index is 2.12. The first-order chi connectivity index (χ1) is 12.7. The van der Waals surface area contributed by atoms with Gasteiger partial charge < -0.3 is 0 Å². The monoisotopic (exact) mass is 442 g/mol. The molecule has 1 nitrogen and oxygen atoms in total. The number of halogens is 5. The molecule has 3 unspecified atom stereocenters. The lowest BCUT2D eigenvalue weighted by atomic mass is 9.85. The van der Waals surface area contributed by atoms with Crippen molar-refractivity contribution in [3.8, 4) is 0 Å². The predicted octanol–water partition coefficient (Wildman–Crippen LogP) is 6.89. The summed E-state index contributed by atoms with van der Waals surface area (Å²) in [6.45, 7) is 1.21. The molecule has 3 atom stereocenters.